The number of amides is 1. The maximum atomic E-state index is 12.7. The molecule has 0 saturated heterocycles. The number of hydrogen-bond acceptors (Lipinski definition) is 5. The Balaban J connectivity index is 1.68. The van der Waals surface area contributed by atoms with Crippen LogP contribution in [-0.2, 0) is 6.42 Å². The molecule has 0 saturated carbocycles. The van der Waals surface area contributed by atoms with E-state index in [9.17, 15) is 14.8 Å². The van der Waals surface area contributed by atoms with Gasteiger partial charge >= 0.3 is 0 Å². The second kappa shape index (κ2) is 11.1. The molecule has 6 nitrogen and oxygen atoms in total. The van der Waals surface area contributed by atoms with E-state index in [1.807, 2.05) is 66.7 Å². The highest BCUT2D eigenvalue weighted by Crippen LogP contribution is 2.21. The summed E-state index contributed by atoms with van der Waals surface area (Å²) in [5.74, 6) is -0.0944. The molecular formula is C27H29N3O3. The SMILES string of the molecule is C=C1C=CC=CN1/C=C(\C)c1ccc(CC(CCN=O)NC(=O)c2ccc(O)c(C)c2)cc1. The zero-order valence-electron chi connectivity index (χ0n) is 19.0. The van der Waals surface area contributed by atoms with E-state index >= 15 is 0 Å². The lowest BCUT2D eigenvalue weighted by Crippen LogP contribution is -2.37. The van der Waals surface area contributed by atoms with Crippen LogP contribution in [0.1, 0.15) is 40.4 Å². The fourth-order valence-electron chi connectivity index (χ4n) is 3.59. The Morgan fingerprint density at radius 2 is 1.91 bits per heavy atom. The molecule has 0 aliphatic carbocycles. The van der Waals surface area contributed by atoms with Gasteiger partial charge in [-0.25, -0.2) is 0 Å². The number of allylic oxidation sites excluding steroid dienone is 4. The van der Waals surface area contributed by atoms with Gasteiger partial charge < -0.3 is 15.3 Å². The van der Waals surface area contributed by atoms with Crippen molar-refractivity contribution >= 4 is 11.5 Å². The quantitative estimate of drug-likeness (QED) is 0.504. The smallest absolute Gasteiger partial charge is 0.251 e. The van der Waals surface area contributed by atoms with E-state index in [1.54, 1.807) is 19.1 Å². The standard InChI is InChI=1S/C27H29N3O3/c1-19-16-24(11-12-26(19)31)27(32)29-25(13-14-28-33)17-22-7-9-23(10-8-22)20(2)18-30-15-5-4-6-21(30)3/h4-12,15-16,18,25,31H,3,13-14,17H2,1-2H3,(H,29,32)/b20-18+. The fraction of sp³-hybridized carbons (Fsp3) is 0.222. The molecule has 2 aromatic carbocycles. The summed E-state index contributed by atoms with van der Waals surface area (Å²) in [6.45, 7) is 7.95. The predicted molar refractivity (Wildman–Crippen MR) is 132 cm³/mol. The van der Waals surface area contributed by atoms with Crippen LogP contribution in [0.4, 0.5) is 0 Å². The zero-order chi connectivity index (χ0) is 23.8. The number of nitrogens with one attached hydrogen (secondary N) is 1. The van der Waals surface area contributed by atoms with Crippen LogP contribution in [0.2, 0.25) is 0 Å². The number of carbonyl (C=O) groups excluding carboxylic acids is 1. The number of aromatic hydroxyl groups is 1. The lowest BCUT2D eigenvalue weighted by Gasteiger charge is -2.20. The van der Waals surface area contributed by atoms with Gasteiger partial charge in [-0.05, 0) is 79.3 Å². The number of rotatable bonds is 9. The van der Waals surface area contributed by atoms with Crippen LogP contribution in [0.5, 0.6) is 5.75 Å². The first-order valence-electron chi connectivity index (χ1n) is 10.9. The molecule has 1 amide bonds. The number of phenolic OH excluding ortho intramolecular Hbond substituents is 1. The Morgan fingerprint density at radius 3 is 2.58 bits per heavy atom. The second-order valence-corrected chi connectivity index (χ2v) is 8.13. The van der Waals surface area contributed by atoms with Crippen molar-refractivity contribution in [1.29, 1.82) is 0 Å². The summed E-state index contributed by atoms with van der Waals surface area (Å²) >= 11 is 0. The van der Waals surface area contributed by atoms with Crippen LogP contribution in [0.25, 0.3) is 5.57 Å². The Bertz CT molecular complexity index is 1110. The average Bonchev–Trinajstić information content (AvgIpc) is 2.81. The topological polar surface area (TPSA) is 82.0 Å². The van der Waals surface area contributed by atoms with Crippen LogP contribution < -0.4 is 5.32 Å². The van der Waals surface area contributed by atoms with Crippen LogP contribution in [-0.4, -0.2) is 28.5 Å². The summed E-state index contributed by atoms with van der Waals surface area (Å²) < 4.78 is 0. The number of carbonyl (C=O) groups is 1. The summed E-state index contributed by atoms with van der Waals surface area (Å²) in [5, 5.41) is 15.6. The van der Waals surface area contributed by atoms with Gasteiger partial charge in [-0.2, -0.15) is 4.91 Å². The van der Waals surface area contributed by atoms with E-state index < -0.39 is 0 Å². The highest BCUT2D eigenvalue weighted by molar-refractivity contribution is 5.94. The van der Waals surface area contributed by atoms with Gasteiger partial charge in [0, 0.05) is 29.7 Å². The van der Waals surface area contributed by atoms with Gasteiger partial charge in [0.1, 0.15) is 5.75 Å². The van der Waals surface area contributed by atoms with Gasteiger partial charge in [0.2, 0.25) is 0 Å². The summed E-state index contributed by atoms with van der Waals surface area (Å²) in [4.78, 5) is 25.4. The van der Waals surface area contributed by atoms with Crippen LogP contribution in [0, 0.1) is 11.8 Å². The van der Waals surface area contributed by atoms with Crippen molar-refractivity contribution in [2.75, 3.05) is 6.54 Å². The number of hydrogen-bond donors (Lipinski definition) is 2. The van der Waals surface area contributed by atoms with Crippen molar-refractivity contribution < 1.29 is 9.90 Å². The number of nitrogens with zero attached hydrogens (tertiary/aromatic N) is 2. The highest BCUT2D eigenvalue weighted by Gasteiger charge is 2.16. The van der Waals surface area contributed by atoms with Crippen molar-refractivity contribution in [3.8, 4) is 5.75 Å². The first-order chi connectivity index (χ1) is 15.9. The van der Waals surface area contributed by atoms with E-state index in [0.29, 0.717) is 24.0 Å². The maximum Gasteiger partial charge on any atom is 0.251 e. The molecular weight excluding hydrogens is 414 g/mol. The molecule has 33 heavy (non-hydrogen) atoms. The predicted octanol–water partition coefficient (Wildman–Crippen LogP) is 5.46. The highest BCUT2D eigenvalue weighted by atomic mass is 16.3. The van der Waals surface area contributed by atoms with Crippen LogP contribution >= 0.6 is 0 Å². The van der Waals surface area contributed by atoms with Crippen molar-refractivity contribution in [2.24, 2.45) is 5.18 Å². The second-order valence-electron chi connectivity index (χ2n) is 8.13. The lowest BCUT2D eigenvalue weighted by molar-refractivity contribution is 0.0935. The van der Waals surface area contributed by atoms with Gasteiger partial charge in [-0.15, -0.1) is 0 Å². The number of aryl methyl sites for hydroxylation is 1. The molecule has 1 aliphatic heterocycles. The van der Waals surface area contributed by atoms with E-state index in [2.05, 4.69) is 17.1 Å². The van der Waals surface area contributed by atoms with Crippen molar-refractivity contribution in [3.63, 3.8) is 0 Å². The van der Waals surface area contributed by atoms with Gasteiger partial charge in [-0.3, -0.25) is 4.79 Å². The lowest BCUT2D eigenvalue weighted by atomic mass is 9.99. The monoisotopic (exact) mass is 443 g/mol. The van der Waals surface area contributed by atoms with Crippen molar-refractivity contribution in [2.45, 2.75) is 32.7 Å². The van der Waals surface area contributed by atoms with Crippen LogP contribution in [0.3, 0.4) is 0 Å². The molecule has 1 unspecified atom stereocenters. The molecule has 3 rings (SSSR count). The first-order valence-corrected chi connectivity index (χ1v) is 10.9. The molecule has 0 bridgehead atoms. The van der Waals surface area contributed by atoms with E-state index in [-0.39, 0.29) is 24.2 Å². The summed E-state index contributed by atoms with van der Waals surface area (Å²) in [7, 11) is 0. The minimum Gasteiger partial charge on any atom is -0.508 e. The maximum absolute atomic E-state index is 12.7. The van der Waals surface area contributed by atoms with Gasteiger partial charge in [0.25, 0.3) is 5.91 Å². The Kier molecular flexibility index (Phi) is 7.97. The van der Waals surface area contributed by atoms with Crippen LogP contribution in [0.15, 0.2) is 90.5 Å². The minimum atomic E-state index is -0.242. The van der Waals surface area contributed by atoms with Gasteiger partial charge in [-0.1, -0.05) is 42.1 Å². The molecule has 0 spiro atoms. The molecule has 1 heterocycles. The third-order valence-corrected chi connectivity index (χ3v) is 5.57. The number of benzene rings is 2. The zero-order valence-corrected chi connectivity index (χ0v) is 19.0. The van der Waals surface area contributed by atoms with E-state index in [1.165, 1.54) is 6.07 Å². The summed E-state index contributed by atoms with van der Waals surface area (Å²) in [6.07, 6.45) is 10.9. The summed E-state index contributed by atoms with van der Waals surface area (Å²) in [6, 6.07) is 12.7. The third-order valence-electron chi connectivity index (χ3n) is 5.57. The molecule has 1 atom stereocenters. The third kappa shape index (κ3) is 6.53. The van der Waals surface area contributed by atoms with Crippen molar-refractivity contribution in [1.82, 2.24) is 10.2 Å². The molecule has 0 aromatic heterocycles. The van der Waals surface area contributed by atoms with Gasteiger partial charge in [0.15, 0.2) is 0 Å². The largest absolute Gasteiger partial charge is 0.508 e. The summed E-state index contributed by atoms with van der Waals surface area (Å²) in [5.41, 5.74) is 5.24. The molecule has 2 N–H and O–H groups in total. The number of nitroso groups, excluding NO2 is 1. The van der Waals surface area contributed by atoms with Gasteiger partial charge in [0.05, 0.1) is 6.54 Å². The Labute approximate surface area is 194 Å². The minimum absolute atomic E-state index is 0.126. The molecule has 2 aromatic rings. The molecule has 170 valence electrons. The average molecular weight is 444 g/mol. The first kappa shape index (κ1) is 23.7. The fourth-order valence-corrected chi connectivity index (χ4v) is 3.59. The number of phenols is 1. The normalized spacial score (nSPS) is 14.3. The van der Waals surface area contributed by atoms with E-state index in [4.69, 9.17) is 0 Å². The molecule has 0 radical (unpaired) electrons. The Hall–Kier alpha value is -3.93. The Morgan fingerprint density at radius 1 is 1.18 bits per heavy atom. The molecule has 6 heteroatoms. The molecule has 1 aliphatic rings. The molecule has 0 fully saturated rings. The van der Waals surface area contributed by atoms with E-state index in [0.717, 1.165) is 22.4 Å². The van der Waals surface area contributed by atoms with Crippen molar-refractivity contribution in [3.05, 3.63) is 113 Å².